The van der Waals surface area contributed by atoms with E-state index < -0.39 is 0 Å². The third-order valence-electron chi connectivity index (χ3n) is 1.75. The van der Waals surface area contributed by atoms with Crippen molar-refractivity contribution in [3.05, 3.63) is 22.7 Å². The van der Waals surface area contributed by atoms with E-state index >= 15 is 0 Å². The van der Waals surface area contributed by atoms with Crippen molar-refractivity contribution in [2.45, 2.75) is 0 Å². The molecule has 0 saturated carbocycles. The lowest BCUT2D eigenvalue weighted by atomic mass is 10.3. The van der Waals surface area contributed by atoms with Crippen LogP contribution < -0.4 is 16.0 Å². The minimum Gasteiger partial charge on any atom is -0.213 e. The number of hydrogen-bond donors (Lipinski definition) is 2. The molecule has 1 heterocycles. The topological polar surface area (TPSA) is 31.9 Å². The van der Waals surface area contributed by atoms with Crippen molar-refractivity contribution in [2.24, 2.45) is 0 Å². The summed E-state index contributed by atoms with van der Waals surface area (Å²) >= 11 is 3.42. The molecule has 1 aliphatic rings. The Hall–Kier alpha value is -0.740. The van der Waals surface area contributed by atoms with Crippen LogP contribution in [0.15, 0.2) is 22.7 Å². The van der Waals surface area contributed by atoms with E-state index in [1.165, 1.54) is 5.69 Å². The molecule has 0 bridgehead atoms. The summed E-state index contributed by atoms with van der Waals surface area (Å²) < 4.78 is 1.11. The van der Waals surface area contributed by atoms with Crippen molar-refractivity contribution in [3.63, 3.8) is 0 Å². The van der Waals surface area contributed by atoms with Gasteiger partial charge >= 0.3 is 0 Å². The van der Waals surface area contributed by atoms with Crippen LogP contribution in [0.3, 0.4) is 0 Å². The number of hydrogen-bond acceptors (Lipinski definition) is 2. The summed E-state index contributed by atoms with van der Waals surface area (Å²) in [5.74, 6) is 0. The van der Waals surface area contributed by atoms with Crippen LogP contribution in [-0.2, 0) is 0 Å². The number of nitrogens with one attached hydrogen (secondary N) is 1. The van der Waals surface area contributed by atoms with Crippen LogP contribution >= 0.6 is 15.9 Å². The lowest BCUT2D eigenvalue weighted by Gasteiger charge is -2.04. The first-order valence-corrected chi connectivity index (χ1v) is 4.19. The molecule has 0 unspecified atom stereocenters. The van der Waals surface area contributed by atoms with Gasteiger partial charge in [-0.25, -0.2) is 10.4 Å². The smallest absolute Gasteiger partial charge is 0.120 e. The summed E-state index contributed by atoms with van der Waals surface area (Å²) in [7, 11) is 2.02. The van der Waals surface area contributed by atoms with Gasteiger partial charge in [0.2, 0.25) is 0 Å². The monoisotopic (exact) mass is 214 g/mol. The summed E-state index contributed by atoms with van der Waals surface area (Å²) in [6.45, 7) is 0. The molecule has 1 aliphatic heterocycles. The fraction of sp³-hybridized carbons (Fsp3) is 0.143. The van der Waals surface area contributed by atoms with Crippen molar-refractivity contribution >= 4 is 27.3 Å². The summed E-state index contributed by atoms with van der Waals surface area (Å²) in [6, 6.07) is 6.17. The first-order valence-electron chi connectivity index (χ1n) is 3.39. The number of nitrogen functional groups attached to an aromatic ring is 1. The molecule has 0 amide bonds. The second-order valence-corrected chi connectivity index (χ2v) is 3.46. The van der Waals surface area contributed by atoms with E-state index in [0.717, 1.165) is 10.2 Å². The maximum Gasteiger partial charge on any atom is 0.120 e. The van der Waals surface area contributed by atoms with Crippen LogP contribution in [0.4, 0.5) is 11.4 Å². The molecular weight excluding hydrogens is 206 g/mol. The Labute approximate surface area is 73.5 Å². The highest BCUT2D eigenvalue weighted by molar-refractivity contribution is 9.10. The normalized spacial score (nSPS) is 14.5. The van der Waals surface area contributed by atoms with Crippen molar-refractivity contribution in [3.8, 4) is 0 Å². The Morgan fingerprint density at radius 2 is 2.36 bits per heavy atom. The van der Waals surface area contributed by atoms with E-state index in [4.69, 9.17) is 0 Å². The van der Waals surface area contributed by atoms with Crippen LogP contribution in [0, 0.1) is 0 Å². The zero-order valence-electron chi connectivity index (χ0n) is 6.13. The molecule has 0 fully saturated rings. The van der Waals surface area contributed by atoms with Gasteiger partial charge in [0.1, 0.15) is 11.4 Å². The molecule has 0 atom stereocenters. The fourth-order valence-electron chi connectivity index (χ4n) is 1.15. The first-order chi connectivity index (χ1) is 5.27. The standard InChI is InChI=1S/C7H8BrN3/c1-11-7-4-5(8)2-3-6(7)9-10-11/h2-4,9-10H,1H3/p+1. The van der Waals surface area contributed by atoms with Gasteiger partial charge in [-0.05, 0) is 18.2 Å². The highest BCUT2D eigenvalue weighted by Gasteiger charge is 2.17. The number of nitrogens with two attached hydrogens (primary N) is 1. The molecule has 58 valence electrons. The molecular formula is C7H9BrN3+. The number of benzene rings is 1. The van der Waals surface area contributed by atoms with Gasteiger partial charge in [-0.2, -0.15) is 0 Å². The number of halogens is 1. The summed E-state index contributed by atoms with van der Waals surface area (Å²) in [4.78, 5) is 0. The van der Waals surface area contributed by atoms with Crippen LogP contribution in [0.2, 0.25) is 0 Å². The number of anilines is 2. The number of rotatable bonds is 0. The molecule has 0 radical (unpaired) electrons. The predicted octanol–water partition coefficient (Wildman–Crippen LogP) is 0.704. The van der Waals surface area contributed by atoms with Gasteiger partial charge in [0.15, 0.2) is 0 Å². The molecule has 11 heavy (non-hydrogen) atoms. The second kappa shape index (κ2) is 2.39. The van der Waals surface area contributed by atoms with E-state index in [2.05, 4.69) is 38.5 Å². The second-order valence-electron chi connectivity index (χ2n) is 2.55. The molecule has 2 rings (SSSR count). The predicted molar refractivity (Wildman–Crippen MR) is 48.1 cm³/mol. The van der Waals surface area contributed by atoms with Crippen LogP contribution in [0.5, 0.6) is 0 Å². The third kappa shape index (κ3) is 1.08. The molecule has 4 heteroatoms. The van der Waals surface area contributed by atoms with Crippen molar-refractivity contribution in [1.29, 1.82) is 0 Å². The third-order valence-corrected chi connectivity index (χ3v) is 2.25. The Bertz CT molecular complexity index is 287. The summed E-state index contributed by atoms with van der Waals surface area (Å²) in [5.41, 5.74) is 7.47. The molecule has 1 aromatic rings. The van der Waals surface area contributed by atoms with Gasteiger partial charge in [-0.3, -0.25) is 0 Å². The van der Waals surface area contributed by atoms with Gasteiger partial charge in [0.05, 0.1) is 7.05 Å². The first kappa shape index (κ1) is 6.94. The molecule has 3 nitrogen and oxygen atoms in total. The van der Waals surface area contributed by atoms with Gasteiger partial charge in [-0.1, -0.05) is 15.9 Å². The van der Waals surface area contributed by atoms with Gasteiger partial charge in [-0.15, -0.1) is 5.53 Å². The highest BCUT2D eigenvalue weighted by atomic mass is 79.9. The Morgan fingerprint density at radius 1 is 1.55 bits per heavy atom. The average Bonchev–Trinajstić information content (AvgIpc) is 2.33. The maximum atomic E-state index is 3.42. The van der Waals surface area contributed by atoms with Crippen LogP contribution in [0.1, 0.15) is 0 Å². The van der Waals surface area contributed by atoms with Crippen molar-refractivity contribution < 1.29 is 5.53 Å². The van der Waals surface area contributed by atoms with E-state index in [1.807, 2.05) is 18.6 Å². The fourth-order valence-corrected chi connectivity index (χ4v) is 1.50. The van der Waals surface area contributed by atoms with Crippen LogP contribution in [-0.4, -0.2) is 7.05 Å². The lowest BCUT2D eigenvalue weighted by Crippen LogP contribution is -2.94. The maximum absolute atomic E-state index is 3.42. The minimum atomic E-state index is 1.11. The summed E-state index contributed by atoms with van der Waals surface area (Å²) in [6.07, 6.45) is 0. The quantitative estimate of drug-likeness (QED) is 0.624. The molecule has 0 aliphatic carbocycles. The average molecular weight is 215 g/mol. The SMILES string of the molecule is CN1[NH2+]Nc2ccc(Br)cc21. The zero-order valence-corrected chi connectivity index (χ0v) is 7.72. The molecule has 3 N–H and O–H groups in total. The van der Waals surface area contributed by atoms with Crippen LogP contribution in [0.25, 0.3) is 0 Å². The number of quaternary nitrogens is 1. The van der Waals surface area contributed by atoms with E-state index in [1.54, 1.807) is 0 Å². The zero-order chi connectivity index (χ0) is 7.84. The Morgan fingerprint density at radius 3 is 3.18 bits per heavy atom. The van der Waals surface area contributed by atoms with Gasteiger partial charge in [0.25, 0.3) is 0 Å². The molecule has 0 saturated heterocycles. The molecule has 0 spiro atoms. The van der Waals surface area contributed by atoms with E-state index in [0.29, 0.717) is 0 Å². The molecule has 1 aromatic carbocycles. The summed E-state index contributed by atoms with van der Waals surface area (Å²) in [5, 5.41) is 2.06. The van der Waals surface area contributed by atoms with E-state index in [9.17, 15) is 0 Å². The number of nitrogens with zero attached hydrogens (tertiary/aromatic N) is 1. The van der Waals surface area contributed by atoms with Crippen molar-refractivity contribution in [2.75, 3.05) is 17.5 Å². The Kier molecular flexibility index (Phi) is 1.51. The minimum absolute atomic E-state index is 1.11. The molecule has 0 aromatic heterocycles. The highest BCUT2D eigenvalue weighted by Crippen LogP contribution is 2.27. The van der Waals surface area contributed by atoms with Crippen molar-refractivity contribution in [1.82, 2.24) is 0 Å². The number of fused-ring (bicyclic) bond motifs is 1. The Balaban J connectivity index is 2.52. The largest absolute Gasteiger partial charge is 0.213 e. The van der Waals surface area contributed by atoms with Gasteiger partial charge < -0.3 is 0 Å². The van der Waals surface area contributed by atoms with E-state index in [-0.39, 0.29) is 0 Å². The van der Waals surface area contributed by atoms with Gasteiger partial charge in [0, 0.05) is 4.47 Å². The lowest BCUT2D eigenvalue weighted by molar-refractivity contribution is -0.628.